The Morgan fingerprint density at radius 1 is 1.37 bits per heavy atom. The lowest BCUT2D eigenvalue weighted by Crippen LogP contribution is -2.61. The first-order valence-electron chi connectivity index (χ1n) is 7.08. The fourth-order valence-electron chi connectivity index (χ4n) is 3.55. The van der Waals surface area contributed by atoms with Gasteiger partial charge >= 0.3 is 0 Å². The van der Waals surface area contributed by atoms with Crippen molar-refractivity contribution in [2.75, 3.05) is 24.6 Å². The zero-order valence-corrected chi connectivity index (χ0v) is 12.7. The van der Waals surface area contributed by atoms with Crippen molar-refractivity contribution in [3.8, 4) is 0 Å². The van der Waals surface area contributed by atoms with Crippen LogP contribution in [0.4, 0.5) is 0 Å². The standard InChI is InChI=1S/C14H24N4S/c1-13(2)8-14(9-15,11-19-10-13)18-6-5-17-4-3-16-12(17)7-18/h3-4H,5-11,15H2,1-2H3. The second-order valence-corrected chi connectivity index (χ2v) is 7.71. The average molecular weight is 280 g/mol. The van der Waals surface area contributed by atoms with Crippen molar-refractivity contribution in [3.05, 3.63) is 18.2 Å². The molecule has 1 unspecified atom stereocenters. The Balaban J connectivity index is 1.83. The van der Waals surface area contributed by atoms with Crippen LogP contribution in [0.15, 0.2) is 12.4 Å². The van der Waals surface area contributed by atoms with Crippen LogP contribution in [-0.2, 0) is 13.1 Å². The smallest absolute Gasteiger partial charge is 0.122 e. The third-order valence-electron chi connectivity index (χ3n) is 4.47. The lowest BCUT2D eigenvalue weighted by atomic mass is 9.78. The maximum atomic E-state index is 6.20. The summed E-state index contributed by atoms with van der Waals surface area (Å²) in [5.41, 5.74) is 6.74. The number of hydrogen-bond donors (Lipinski definition) is 1. The Hall–Kier alpha value is -0.520. The van der Waals surface area contributed by atoms with Gasteiger partial charge in [-0.2, -0.15) is 11.8 Å². The molecule has 0 bridgehead atoms. The van der Waals surface area contributed by atoms with Gasteiger partial charge in [-0.3, -0.25) is 4.90 Å². The third-order valence-corrected chi connectivity index (χ3v) is 6.19. The van der Waals surface area contributed by atoms with E-state index >= 15 is 0 Å². The van der Waals surface area contributed by atoms with Crippen molar-refractivity contribution in [3.63, 3.8) is 0 Å². The van der Waals surface area contributed by atoms with E-state index < -0.39 is 0 Å². The van der Waals surface area contributed by atoms with Crippen LogP contribution in [0.3, 0.4) is 0 Å². The molecule has 0 spiro atoms. The normalized spacial score (nSPS) is 31.1. The van der Waals surface area contributed by atoms with Crippen molar-refractivity contribution in [2.24, 2.45) is 11.1 Å². The third kappa shape index (κ3) is 2.43. The monoisotopic (exact) mass is 280 g/mol. The van der Waals surface area contributed by atoms with Gasteiger partial charge in [-0.1, -0.05) is 13.8 Å². The van der Waals surface area contributed by atoms with E-state index in [4.69, 9.17) is 5.73 Å². The minimum absolute atomic E-state index is 0.156. The highest BCUT2D eigenvalue weighted by Crippen LogP contribution is 2.42. The maximum Gasteiger partial charge on any atom is 0.122 e. The molecule has 0 radical (unpaired) electrons. The summed E-state index contributed by atoms with van der Waals surface area (Å²) in [6.45, 7) is 8.58. The Morgan fingerprint density at radius 3 is 2.95 bits per heavy atom. The van der Waals surface area contributed by atoms with E-state index in [1.54, 1.807) is 0 Å². The number of imidazole rings is 1. The molecule has 1 aromatic rings. The summed E-state index contributed by atoms with van der Waals surface area (Å²) in [7, 11) is 0. The molecule has 1 atom stereocenters. The summed E-state index contributed by atoms with van der Waals surface area (Å²) in [6.07, 6.45) is 5.19. The summed E-state index contributed by atoms with van der Waals surface area (Å²) < 4.78 is 2.27. The number of nitrogens with zero attached hydrogens (tertiary/aromatic N) is 3. The topological polar surface area (TPSA) is 47.1 Å². The Bertz CT molecular complexity index is 456. The highest BCUT2D eigenvalue weighted by atomic mass is 32.2. The molecule has 5 heteroatoms. The summed E-state index contributed by atoms with van der Waals surface area (Å²) in [5.74, 6) is 3.60. The van der Waals surface area contributed by atoms with Gasteiger partial charge in [-0.15, -0.1) is 0 Å². The molecule has 0 aromatic carbocycles. The van der Waals surface area contributed by atoms with Gasteiger partial charge in [0, 0.05) is 43.3 Å². The van der Waals surface area contributed by atoms with E-state index in [1.165, 1.54) is 18.0 Å². The highest BCUT2D eigenvalue weighted by Gasteiger charge is 2.44. The number of aromatic nitrogens is 2. The van der Waals surface area contributed by atoms with E-state index in [2.05, 4.69) is 46.3 Å². The largest absolute Gasteiger partial charge is 0.333 e. The van der Waals surface area contributed by atoms with Crippen LogP contribution in [0, 0.1) is 5.41 Å². The van der Waals surface area contributed by atoms with Crippen LogP contribution in [0.5, 0.6) is 0 Å². The summed E-state index contributed by atoms with van der Waals surface area (Å²) in [4.78, 5) is 7.06. The van der Waals surface area contributed by atoms with Gasteiger partial charge in [0.25, 0.3) is 0 Å². The van der Waals surface area contributed by atoms with Crippen molar-refractivity contribution in [1.82, 2.24) is 14.5 Å². The van der Waals surface area contributed by atoms with Crippen molar-refractivity contribution in [1.29, 1.82) is 0 Å². The molecule has 0 amide bonds. The van der Waals surface area contributed by atoms with Gasteiger partial charge < -0.3 is 10.3 Å². The van der Waals surface area contributed by atoms with Crippen LogP contribution < -0.4 is 5.73 Å². The molecule has 2 aliphatic heterocycles. The predicted octanol–water partition coefficient (Wildman–Crippen LogP) is 1.56. The molecule has 1 saturated heterocycles. The molecule has 3 heterocycles. The number of thioether (sulfide) groups is 1. The quantitative estimate of drug-likeness (QED) is 0.893. The van der Waals surface area contributed by atoms with E-state index in [1.807, 2.05) is 6.20 Å². The van der Waals surface area contributed by atoms with Crippen molar-refractivity contribution >= 4 is 11.8 Å². The number of nitrogens with two attached hydrogens (primary N) is 1. The lowest BCUT2D eigenvalue weighted by molar-refractivity contribution is 0.0436. The van der Waals surface area contributed by atoms with Crippen LogP contribution in [0.25, 0.3) is 0 Å². The number of fused-ring (bicyclic) bond motifs is 1. The van der Waals surface area contributed by atoms with Gasteiger partial charge in [-0.25, -0.2) is 4.98 Å². The molecule has 4 nitrogen and oxygen atoms in total. The summed E-state index contributed by atoms with van der Waals surface area (Å²) in [5, 5.41) is 0. The molecule has 106 valence electrons. The molecule has 0 saturated carbocycles. The summed E-state index contributed by atoms with van der Waals surface area (Å²) in [6, 6.07) is 0. The minimum atomic E-state index is 0.156. The molecule has 1 fully saturated rings. The Labute approximate surface area is 119 Å². The molecule has 1 aromatic heterocycles. The van der Waals surface area contributed by atoms with Gasteiger partial charge in [0.05, 0.1) is 6.54 Å². The van der Waals surface area contributed by atoms with Crippen molar-refractivity contribution < 1.29 is 0 Å². The van der Waals surface area contributed by atoms with E-state index in [9.17, 15) is 0 Å². The number of rotatable bonds is 2. The Morgan fingerprint density at radius 2 is 2.21 bits per heavy atom. The molecule has 19 heavy (non-hydrogen) atoms. The van der Waals surface area contributed by atoms with Crippen LogP contribution in [-0.4, -0.2) is 44.6 Å². The fraction of sp³-hybridized carbons (Fsp3) is 0.786. The zero-order chi connectivity index (χ0) is 13.5. The predicted molar refractivity (Wildman–Crippen MR) is 80.1 cm³/mol. The first-order chi connectivity index (χ1) is 9.05. The van der Waals surface area contributed by atoms with Gasteiger partial charge in [-0.05, 0) is 17.6 Å². The molecular formula is C14H24N4S. The first kappa shape index (κ1) is 13.5. The maximum absolute atomic E-state index is 6.20. The SMILES string of the molecule is CC1(C)CSCC(CN)(N2CCn3ccnc3C2)C1. The van der Waals surface area contributed by atoms with Crippen LogP contribution in [0.2, 0.25) is 0 Å². The second kappa shape index (κ2) is 4.79. The lowest BCUT2D eigenvalue weighted by Gasteiger charge is -2.51. The molecule has 2 aliphatic rings. The summed E-state index contributed by atoms with van der Waals surface area (Å²) >= 11 is 2.06. The van der Waals surface area contributed by atoms with Gasteiger partial charge in [0.2, 0.25) is 0 Å². The van der Waals surface area contributed by atoms with Gasteiger partial charge in [0.15, 0.2) is 0 Å². The minimum Gasteiger partial charge on any atom is -0.333 e. The highest BCUT2D eigenvalue weighted by molar-refractivity contribution is 7.99. The average Bonchev–Trinajstić information content (AvgIpc) is 2.84. The van der Waals surface area contributed by atoms with Crippen LogP contribution in [0.1, 0.15) is 26.1 Å². The molecule has 3 rings (SSSR count). The van der Waals surface area contributed by atoms with Crippen LogP contribution >= 0.6 is 11.8 Å². The van der Waals surface area contributed by atoms with E-state index in [0.717, 1.165) is 31.9 Å². The van der Waals surface area contributed by atoms with Crippen molar-refractivity contribution in [2.45, 2.75) is 38.9 Å². The fourth-order valence-corrected chi connectivity index (χ4v) is 5.09. The number of hydrogen-bond acceptors (Lipinski definition) is 4. The first-order valence-corrected chi connectivity index (χ1v) is 8.23. The Kier molecular flexibility index (Phi) is 3.39. The molecular weight excluding hydrogens is 256 g/mol. The molecule has 2 N–H and O–H groups in total. The van der Waals surface area contributed by atoms with E-state index in [-0.39, 0.29) is 5.54 Å². The second-order valence-electron chi connectivity index (χ2n) is 6.72. The zero-order valence-electron chi connectivity index (χ0n) is 11.9. The van der Waals surface area contributed by atoms with E-state index in [0.29, 0.717) is 5.41 Å². The van der Waals surface area contributed by atoms with Gasteiger partial charge in [0.1, 0.15) is 5.82 Å². The molecule has 0 aliphatic carbocycles.